The van der Waals surface area contributed by atoms with Crippen LogP contribution in [0.4, 0.5) is 14.5 Å². The maximum atomic E-state index is 14.4. The van der Waals surface area contributed by atoms with Crippen LogP contribution in [0.1, 0.15) is 5.69 Å². The minimum atomic E-state index is -1.49. The summed E-state index contributed by atoms with van der Waals surface area (Å²) >= 11 is 1.26. The molecule has 0 spiro atoms. The Morgan fingerprint density at radius 3 is 2.68 bits per heavy atom. The molecule has 0 atom stereocenters. The van der Waals surface area contributed by atoms with Gasteiger partial charge in [0.1, 0.15) is 11.2 Å². The van der Waals surface area contributed by atoms with E-state index in [1.54, 1.807) is 6.26 Å². The second-order valence-corrected chi connectivity index (χ2v) is 5.68. The highest BCUT2D eigenvalue weighted by atomic mass is 32.2. The van der Waals surface area contributed by atoms with Gasteiger partial charge in [-0.05, 0) is 19.2 Å². The van der Waals surface area contributed by atoms with Gasteiger partial charge in [-0.15, -0.1) is 0 Å². The topological polar surface area (TPSA) is 104 Å². The number of fused-ring (bicyclic) bond motifs is 1. The van der Waals surface area contributed by atoms with Crippen LogP contribution in [0.2, 0.25) is 0 Å². The van der Waals surface area contributed by atoms with E-state index in [1.807, 2.05) is 0 Å². The summed E-state index contributed by atoms with van der Waals surface area (Å²) in [6.07, 6.45) is 2.98. The fraction of sp³-hybridized carbons (Fsp3) is 0.143. The van der Waals surface area contributed by atoms with Gasteiger partial charge in [0, 0.05) is 12.3 Å². The fourth-order valence-corrected chi connectivity index (χ4v) is 2.61. The van der Waals surface area contributed by atoms with Crippen molar-refractivity contribution in [3.05, 3.63) is 56.1 Å². The molecule has 0 unspecified atom stereocenters. The number of hydrogen-bond donors (Lipinski definition) is 0. The lowest BCUT2D eigenvalue weighted by Crippen LogP contribution is -2.25. The molecule has 3 aromatic rings. The molecule has 3 rings (SSSR count). The van der Waals surface area contributed by atoms with Crippen LogP contribution in [0.3, 0.4) is 0 Å². The number of benzene rings is 1. The third-order valence-electron chi connectivity index (χ3n) is 3.42. The molecule has 2 heterocycles. The molecule has 8 nitrogen and oxygen atoms in total. The number of nitro benzene ring substituents is 1. The van der Waals surface area contributed by atoms with Gasteiger partial charge < -0.3 is 0 Å². The first-order chi connectivity index (χ1) is 11.8. The van der Waals surface area contributed by atoms with Crippen molar-refractivity contribution in [3.8, 4) is 5.69 Å². The third kappa shape index (κ3) is 2.71. The van der Waals surface area contributed by atoms with Gasteiger partial charge in [0.2, 0.25) is 5.82 Å². The van der Waals surface area contributed by atoms with E-state index in [-0.39, 0.29) is 16.6 Å². The molecule has 0 aliphatic rings. The molecule has 0 saturated heterocycles. The Labute approximate surface area is 142 Å². The summed E-state index contributed by atoms with van der Waals surface area (Å²) < 4.78 is 29.0. The molecule has 25 heavy (non-hydrogen) atoms. The largest absolute Gasteiger partial charge is 0.307 e. The Bertz CT molecular complexity index is 1090. The molecular weight excluding hydrogens is 356 g/mol. The number of thioether (sulfide) groups is 1. The molecule has 2 aromatic heterocycles. The maximum Gasteiger partial charge on any atom is 0.307 e. The van der Waals surface area contributed by atoms with Crippen LogP contribution >= 0.6 is 11.8 Å². The summed E-state index contributed by atoms with van der Waals surface area (Å²) in [5, 5.41) is 15.1. The van der Waals surface area contributed by atoms with Crippen LogP contribution in [0, 0.1) is 28.7 Å². The van der Waals surface area contributed by atoms with E-state index in [1.165, 1.54) is 24.9 Å². The number of aryl methyl sites for hydroxylation is 1. The summed E-state index contributed by atoms with van der Waals surface area (Å²) in [6.45, 7) is 1.50. The Morgan fingerprint density at radius 1 is 1.32 bits per heavy atom. The molecular formula is C14H9F2N5O3S. The summed E-state index contributed by atoms with van der Waals surface area (Å²) in [4.78, 5) is 30.6. The van der Waals surface area contributed by atoms with Gasteiger partial charge in [0.15, 0.2) is 11.0 Å². The van der Waals surface area contributed by atoms with Gasteiger partial charge >= 0.3 is 5.69 Å². The maximum absolute atomic E-state index is 14.4. The van der Waals surface area contributed by atoms with E-state index in [0.717, 1.165) is 0 Å². The summed E-state index contributed by atoms with van der Waals surface area (Å²) in [7, 11) is 0. The Morgan fingerprint density at radius 2 is 2.04 bits per heavy atom. The number of nitrogens with zero attached hydrogens (tertiary/aromatic N) is 5. The molecule has 1 aromatic carbocycles. The Hall–Kier alpha value is -2.95. The lowest BCUT2D eigenvalue weighted by molar-refractivity contribution is -0.387. The summed E-state index contributed by atoms with van der Waals surface area (Å²) in [6, 6.07) is 1.39. The minimum absolute atomic E-state index is 0.00407. The van der Waals surface area contributed by atoms with Crippen LogP contribution in [-0.4, -0.2) is 30.9 Å². The van der Waals surface area contributed by atoms with E-state index >= 15 is 0 Å². The quantitative estimate of drug-likeness (QED) is 0.304. The Balaban J connectivity index is 2.38. The van der Waals surface area contributed by atoms with Crippen molar-refractivity contribution in [2.45, 2.75) is 12.1 Å². The zero-order chi connectivity index (χ0) is 18.3. The molecule has 0 N–H and O–H groups in total. The molecule has 0 amide bonds. The predicted molar refractivity (Wildman–Crippen MR) is 86.0 cm³/mol. The first-order valence-corrected chi connectivity index (χ1v) is 8.01. The van der Waals surface area contributed by atoms with Crippen molar-refractivity contribution in [3.63, 3.8) is 0 Å². The van der Waals surface area contributed by atoms with E-state index < -0.39 is 33.5 Å². The van der Waals surface area contributed by atoms with Crippen molar-refractivity contribution in [2.24, 2.45) is 0 Å². The first-order valence-electron chi connectivity index (χ1n) is 6.78. The normalized spacial score (nSPS) is 11.0. The molecule has 0 radical (unpaired) electrons. The Kier molecular flexibility index (Phi) is 4.17. The number of rotatable bonds is 3. The van der Waals surface area contributed by atoms with Crippen molar-refractivity contribution < 1.29 is 13.7 Å². The van der Waals surface area contributed by atoms with Crippen LogP contribution in [0.15, 0.2) is 28.3 Å². The monoisotopic (exact) mass is 365 g/mol. The van der Waals surface area contributed by atoms with Gasteiger partial charge in [-0.2, -0.15) is 14.2 Å². The van der Waals surface area contributed by atoms with Crippen LogP contribution < -0.4 is 5.56 Å². The second kappa shape index (κ2) is 6.16. The van der Waals surface area contributed by atoms with Gasteiger partial charge in [-0.25, -0.2) is 14.4 Å². The first kappa shape index (κ1) is 16.9. The van der Waals surface area contributed by atoms with Crippen LogP contribution in [0.25, 0.3) is 16.6 Å². The molecule has 11 heteroatoms. The molecule has 128 valence electrons. The zero-order valence-electron chi connectivity index (χ0n) is 12.9. The average molecular weight is 365 g/mol. The van der Waals surface area contributed by atoms with Crippen molar-refractivity contribution >= 4 is 28.4 Å². The minimum Gasteiger partial charge on any atom is -0.267 e. The molecule has 0 aliphatic carbocycles. The van der Waals surface area contributed by atoms with Crippen LogP contribution in [-0.2, 0) is 0 Å². The number of hydrogen-bond acceptors (Lipinski definition) is 7. The van der Waals surface area contributed by atoms with Gasteiger partial charge in [0.25, 0.3) is 5.56 Å². The smallest absolute Gasteiger partial charge is 0.267 e. The zero-order valence-corrected chi connectivity index (χ0v) is 13.7. The van der Waals surface area contributed by atoms with Gasteiger partial charge in [-0.1, -0.05) is 11.8 Å². The van der Waals surface area contributed by atoms with Crippen molar-refractivity contribution in [2.75, 3.05) is 6.26 Å². The van der Waals surface area contributed by atoms with Crippen molar-refractivity contribution in [1.29, 1.82) is 0 Å². The standard InChI is InChI=1S/C14H9F2N5O3S/c1-6-11-7(5-17-14(18-11)25-2)13(22)20(19-6)12-8(15)3-4-9(10(12)16)21(23)24/h3-5H,1-2H3. The highest BCUT2D eigenvalue weighted by Crippen LogP contribution is 2.25. The molecule has 0 aliphatic heterocycles. The van der Waals surface area contributed by atoms with Gasteiger partial charge in [0.05, 0.1) is 16.0 Å². The number of halogens is 2. The second-order valence-electron chi connectivity index (χ2n) is 4.91. The summed E-state index contributed by atoms with van der Waals surface area (Å²) in [5.74, 6) is -2.64. The van der Waals surface area contributed by atoms with Crippen LogP contribution in [0.5, 0.6) is 0 Å². The van der Waals surface area contributed by atoms with Gasteiger partial charge in [-0.3, -0.25) is 14.9 Å². The molecule has 0 fully saturated rings. The lowest BCUT2D eigenvalue weighted by atomic mass is 10.2. The van der Waals surface area contributed by atoms with E-state index in [4.69, 9.17) is 0 Å². The molecule has 0 bridgehead atoms. The van der Waals surface area contributed by atoms with E-state index in [9.17, 15) is 23.7 Å². The fourth-order valence-electron chi connectivity index (χ4n) is 2.27. The SMILES string of the molecule is CSc1ncc2c(=O)n(-c3c(F)ccc([N+](=O)[O-])c3F)nc(C)c2n1. The number of aromatic nitrogens is 4. The lowest BCUT2D eigenvalue weighted by Gasteiger charge is -2.10. The third-order valence-corrected chi connectivity index (χ3v) is 3.98. The number of nitro groups is 1. The highest BCUT2D eigenvalue weighted by Gasteiger charge is 2.25. The molecule has 0 saturated carbocycles. The summed E-state index contributed by atoms with van der Waals surface area (Å²) in [5.41, 5.74) is -2.30. The van der Waals surface area contributed by atoms with Crippen molar-refractivity contribution in [1.82, 2.24) is 19.7 Å². The highest BCUT2D eigenvalue weighted by molar-refractivity contribution is 7.98. The van der Waals surface area contributed by atoms with E-state index in [0.29, 0.717) is 22.0 Å². The predicted octanol–water partition coefficient (Wildman–Crippen LogP) is 2.39. The van der Waals surface area contributed by atoms with E-state index in [2.05, 4.69) is 15.1 Å². The average Bonchev–Trinajstić information content (AvgIpc) is 2.58.